The molecule has 0 fully saturated rings. The maximum Gasteiger partial charge on any atom is 0.312 e. The van der Waals surface area contributed by atoms with E-state index >= 15 is 0 Å². The number of nitrogens with one attached hydrogen (secondary N) is 1. The van der Waals surface area contributed by atoms with E-state index in [0.29, 0.717) is 29.7 Å². The van der Waals surface area contributed by atoms with Crippen LogP contribution in [0.15, 0.2) is 4.79 Å². The Labute approximate surface area is 85.9 Å². The van der Waals surface area contributed by atoms with E-state index in [-0.39, 0.29) is 5.56 Å². The predicted molar refractivity (Wildman–Crippen MR) is 54.3 cm³/mol. The molecule has 0 aliphatic heterocycles. The minimum absolute atomic E-state index is 0.143. The second-order valence-corrected chi connectivity index (χ2v) is 3.22. The standard InChI is InChI=1S/C9H12N4O2/c1-4-15-9-11-8-10-6(3)5(2)7(14)13(8)12-9/h4H2,1-3H3,(H,10,11,12). The van der Waals surface area contributed by atoms with Gasteiger partial charge in [-0.1, -0.05) is 0 Å². The molecule has 0 saturated carbocycles. The Hall–Kier alpha value is -1.85. The molecule has 1 N–H and O–H groups in total. The zero-order valence-corrected chi connectivity index (χ0v) is 8.87. The summed E-state index contributed by atoms with van der Waals surface area (Å²) in [6, 6.07) is 0.312. The summed E-state index contributed by atoms with van der Waals surface area (Å²) < 4.78 is 6.44. The molecule has 6 nitrogen and oxygen atoms in total. The van der Waals surface area contributed by atoms with Gasteiger partial charge in [0.05, 0.1) is 6.61 Å². The van der Waals surface area contributed by atoms with Gasteiger partial charge in [-0.05, 0) is 20.8 Å². The minimum atomic E-state index is -0.143. The molecule has 0 radical (unpaired) electrons. The van der Waals surface area contributed by atoms with Crippen LogP contribution in [0.4, 0.5) is 0 Å². The van der Waals surface area contributed by atoms with Gasteiger partial charge in [-0.2, -0.15) is 9.50 Å². The van der Waals surface area contributed by atoms with E-state index in [2.05, 4.69) is 15.1 Å². The second kappa shape index (κ2) is 3.38. The fourth-order valence-corrected chi connectivity index (χ4v) is 1.29. The average Bonchev–Trinajstić information content (AvgIpc) is 2.58. The van der Waals surface area contributed by atoms with Crippen molar-refractivity contribution in [2.24, 2.45) is 0 Å². The van der Waals surface area contributed by atoms with Crippen LogP contribution in [0, 0.1) is 13.8 Å². The second-order valence-electron chi connectivity index (χ2n) is 3.22. The number of hydrogen-bond donors (Lipinski definition) is 1. The number of aromatic nitrogens is 4. The van der Waals surface area contributed by atoms with Crippen molar-refractivity contribution in [1.29, 1.82) is 0 Å². The highest BCUT2D eigenvalue weighted by molar-refractivity contribution is 5.32. The molecule has 0 saturated heterocycles. The summed E-state index contributed by atoms with van der Waals surface area (Å²) in [5, 5.41) is 2.74. The molecule has 0 aliphatic rings. The van der Waals surface area contributed by atoms with Gasteiger partial charge in [0.2, 0.25) is 0 Å². The first-order valence-electron chi connectivity index (χ1n) is 4.72. The molecular formula is C9H12N4O2. The van der Waals surface area contributed by atoms with Crippen molar-refractivity contribution >= 4 is 5.78 Å². The number of fused-ring (bicyclic) bond motifs is 1. The van der Waals surface area contributed by atoms with Gasteiger partial charge in [-0.25, -0.2) is 10.1 Å². The molecule has 0 amide bonds. The quantitative estimate of drug-likeness (QED) is 0.777. The number of hydrogen-bond acceptors (Lipinski definition) is 4. The number of aromatic amines is 1. The zero-order chi connectivity index (χ0) is 11.0. The van der Waals surface area contributed by atoms with Crippen molar-refractivity contribution in [1.82, 2.24) is 19.6 Å². The summed E-state index contributed by atoms with van der Waals surface area (Å²) >= 11 is 0. The number of aryl methyl sites for hydroxylation is 1. The third-order valence-electron chi connectivity index (χ3n) is 2.22. The number of nitrogens with zero attached hydrogens (tertiary/aromatic N) is 3. The SMILES string of the molecule is CCOc1nc2nc(C)c(C)c(=O)n2[nH]1. The molecule has 0 spiro atoms. The number of H-pyrrole nitrogens is 1. The molecular weight excluding hydrogens is 196 g/mol. The highest BCUT2D eigenvalue weighted by Crippen LogP contribution is 2.05. The van der Waals surface area contributed by atoms with Crippen LogP contribution in [-0.2, 0) is 0 Å². The lowest BCUT2D eigenvalue weighted by Gasteiger charge is -1.96. The van der Waals surface area contributed by atoms with Crippen LogP contribution in [0.25, 0.3) is 5.78 Å². The maximum absolute atomic E-state index is 11.8. The minimum Gasteiger partial charge on any atom is -0.464 e. The topological polar surface area (TPSA) is 72.3 Å². The Balaban J connectivity index is 2.71. The third-order valence-corrected chi connectivity index (χ3v) is 2.22. The molecule has 80 valence electrons. The predicted octanol–water partition coefficient (Wildman–Crippen LogP) is 0.433. The van der Waals surface area contributed by atoms with Crippen LogP contribution in [0.1, 0.15) is 18.2 Å². The van der Waals surface area contributed by atoms with Crippen LogP contribution in [0.2, 0.25) is 0 Å². The zero-order valence-electron chi connectivity index (χ0n) is 8.87. The Morgan fingerprint density at radius 2 is 2.13 bits per heavy atom. The highest BCUT2D eigenvalue weighted by atomic mass is 16.5. The largest absolute Gasteiger partial charge is 0.464 e. The van der Waals surface area contributed by atoms with Crippen LogP contribution >= 0.6 is 0 Å². The van der Waals surface area contributed by atoms with Crippen LogP contribution < -0.4 is 10.3 Å². The van der Waals surface area contributed by atoms with Gasteiger partial charge in [-0.3, -0.25) is 4.79 Å². The molecule has 0 aliphatic carbocycles. The smallest absolute Gasteiger partial charge is 0.312 e. The van der Waals surface area contributed by atoms with E-state index in [1.807, 2.05) is 6.92 Å². The lowest BCUT2D eigenvalue weighted by Crippen LogP contribution is -2.19. The molecule has 2 heterocycles. The highest BCUT2D eigenvalue weighted by Gasteiger charge is 2.09. The molecule has 6 heteroatoms. The van der Waals surface area contributed by atoms with E-state index in [1.165, 1.54) is 4.52 Å². The first-order chi connectivity index (χ1) is 7.13. The number of rotatable bonds is 2. The fraction of sp³-hybridized carbons (Fsp3) is 0.444. The van der Waals surface area contributed by atoms with Crippen LogP contribution in [0.5, 0.6) is 6.01 Å². The van der Waals surface area contributed by atoms with Crippen LogP contribution in [-0.4, -0.2) is 26.2 Å². The summed E-state index contributed by atoms with van der Waals surface area (Å²) in [4.78, 5) is 20.0. The van der Waals surface area contributed by atoms with Gasteiger partial charge in [-0.15, -0.1) is 0 Å². The molecule has 15 heavy (non-hydrogen) atoms. The van der Waals surface area contributed by atoms with Gasteiger partial charge >= 0.3 is 6.01 Å². The molecule has 0 atom stereocenters. The lowest BCUT2D eigenvalue weighted by atomic mass is 10.3. The maximum atomic E-state index is 11.8. The first-order valence-corrected chi connectivity index (χ1v) is 4.72. The van der Waals surface area contributed by atoms with Gasteiger partial charge in [0, 0.05) is 11.3 Å². The van der Waals surface area contributed by atoms with Gasteiger partial charge in [0.15, 0.2) is 0 Å². The third kappa shape index (κ3) is 1.47. The van der Waals surface area contributed by atoms with Crippen molar-refractivity contribution in [2.75, 3.05) is 6.61 Å². The van der Waals surface area contributed by atoms with Crippen molar-refractivity contribution < 1.29 is 4.74 Å². The Bertz CT molecular complexity index is 555. The summed E-state index contributed by atoms with van der Waals surface area (Å²) in [6.07, 6.45) is 0. The van der Waals surface area contributed by atoms with Gasteiger partial charge in [0.25, 0.3) is 11.3 Å². The summed E-state index contributed by atoms with van der Waals surface area (Å²) in [5.41, 5.74) is 1.16. The fourth-order valence-electron chi connectivity index (χ4n) is 1.29. The van der Waals surface area contributed by atoms with Crippen molar-refractivity contribution in [3.63, 3.8) is 0 Å². The summed E-state index contributed by atoms with van der Waals surface area (Å²) in [7, 11) is 0. The van der Waals surface area contributed by atoms with E-state index in [0.717, 1.165) is 0 Å². The first kappa shape index (κ1) is 9.70. The monoisotopic (exact) mass is 208 g/mol. The summed E-state index contributed by atoms with van der Waals surface area (Å²) in [5.74, 6) is 0.339. The van der Waals surface area contributed by atoms with Gasteiger partial charge < -0.3 is 4.74 Å². The molecule has 0 aromatic carbocycles. The Morgan fingerprint density at radius 1 is 1.40 bits per heavy atom. The normalized spacial score (nSPS) is 10.9. The van der Waals surface area contributed by atoms with Gasteiger partial charge in [0.1, 0.15) is 0 Å². The number of ether oxygens (including phenoxy) is 1. The van der Waals surface area contributed by atoms with E-state index in [4.69, 9.17) is 4.74 Å². The molecule has 0 unspecified atom stereocenters. The van der Waals surface area contributed by atoms with E-state index < -0.39 is 0 Å². The van der Waals surface area contributed by atoms with E-state index in [1.54, 1.807) is 13.8 Å². The van der Waals surface area contributed by atoms with Crippen molar-refractivity contribution in [3.8, 4) is 6.01 Å². The van der Waals surface area contributed by atoms with Crippen molar-refractivity contribution in [2.45, 2.75) is 20.8 Å². The Morgan fingerprint density at radius 3 is 2.80 bits per heavy atom. The van der Waals surface area contributed by atoms with Crippen LogP contribution in [0.3, 0.4) is 0 Å². The Kier molecular flexibility index (Phi) is 2.18. The molecule has 2 aromatic heterocycles. The average molecular weight is 208 g/mol. The van der Waals surface area contributed by atoms with E-state index in [9.17, 15) is 4.79 Å². The summed E-state index contributed by atoms with van der Waals surface area (Å²) in [6.45, 7) is 5.86. The molecule has 0 bridgehead atoms. The molecule has 2 rings (SSSR count). The lowest BCUT2D eigenvalue weighted by molar-refractivity contribution is 0.313. The molecule has 2 aromatic rings. The van der Waals surface area contributed by atoms with Crippen molar-refractivity contribution in [3.05, 3.63) is 21.6 Å².